The molecule has 0 aliphatic rings. The molecule has 0 aliphatic carbocycles. The van der Waals surface area contributed by atoms with Crippen molar-refractivity contribution in [1.82, 2.24) is 9.97 Å². The van der Waals surface area contributed by atoms with Crippen LogP contribution >= 0.6 is 0 Å². The van der Waals surface area contributed by atoms with Crippen LogP contribution in [0.3, 0.4) is 0 Å². The van der Waals surface area contributed by atoms with Crippen LogP contribution in [0.25, 0.3) is 32.2 Å². The van der Waals surface area contributed by atoms with E-state index in [9.17, 15) is 0 Å². The van der Waals surface area contributed by atoms with Crippen LogP contribution in [0.2, 0.25) is 0 Å². The largest absolute Gasteiger partial charge is 2.00 e. The van der Waals surface area contributed by atoms with Crippen LogP contribution in [0.1, 0.15) is 11.1 Å². The Balaban J connectivity index is 0.000000267. The molecular formula is C30H22N8Pt. The van der Waals surface area contributed by atoms with E-state index in [2.05, 4.69) is 31.8 Å². The number of aromatic nitrogens is 2. The summed E-state index contributed by atoms with van der Waals surface area (Å²) in [6, 6.07) is 24.0. The van der Waals surface area contributed by atoms with Gasteiger partial charge in [-0.1, -0.05) is 11.6 Å². The van der Waals surface area contributed by atoms with Crippen molar-refractivity contribution in [2.75, 3.05) is 38.0 Å². The first-order chi connectivity index (χ1) is 18.3. The summed E-state index contributed by atoms with van der Waals surface area (Å²) in [5.41, 5.74) is 6.27. The molecule has 4 rings (SSSR count). The maximum Gasteiger partial charge on any atom is 2.00 e. The van der Waals surface area contributed by atoms with Crippen LogP contribution in [0.5, 0.6) is 0 Å². The standard InChI is InChI=1S/2C15H11N4.Pt/c2*1-17-13-7-11(10-16)6-12(8-13)15-9-14(19(2)3)4-5-18-15;/h4-5,7-9H,2-3H3;4-7,9H,2-3H3;/q2*-1;+2. The summed E-state index contributed by atoms with van der Waals surface area (Å²) in [6.07, 6.45) is 3.41. The Morgan fingerprint density at radius 2 is 1.31 bits per heavy atom. The second kappa shape index (κ2) is 14.1. The van der Waals surface area contributed by atoms with Crippen LogP contribution in [0.15, 0.2) is 60.9 Å². The fourth-order valence-electron chi connectivity index (χ4n) is 3.32. The van der Waals surface area contributed by atoms with E-state index < -0.39 is 0 Å². The predicted molar refractivity (Wildman–Crippen MR) is 148 cm³/mol. The minimum atomic E-state index is 0. The average molecular weight is 690 g/mol. The molecule has 0 fully saturated rings. The summed E-state index contributed by atoms with van der Waals surface area (Å²) in [7, 11) is 7.77. The molecular weight excluding hydrogens is 667 g/mol. The molecule has 8 nitrogen and oxygen atoms in total. The molecule has 2 aromatic carbocycles. The molecule has 2 heterocycles. The van der Waals surface area contributed by atoms with Gasteiger partial charge in [-0.2, -0.15) is 5.26 Å². The van der Waals surface area contributed by atoms with E-state index in [-0.39, 0.29) is 21.1 Å². The quantitative estimate of drug-likeness (QED) is 0.242. The van der Waals surface area contributed by atoms with Gasteiger partial charge >= 0.3 is 21.1 Å². The maximum atomic E-state index is 8.98. The van der Waals surface area contributed by atoms with E-state index in [0.717, 1.165) is 11.4 Å². The number of hydrogen-bond donors (Lipinski definition) is 0. The smallest absolute Gasteiger partial charge is 0.378 e. The van der Waals surface area contributed by atoms with Crippen molar-refractivity contribution in [2.45, 2.75) is 0 Å². The molecule has 9 heteroatoms. The first-order valence-corrected chi connectivity index (χ1v) is 11.2. The van der Waals surface area contributed by atoms with Crippen LogP contribution in [0.4, 0.5) is 22.7 Å². The molecule has 0 atom stereocenters. The zero-order chi connectivity index (χ0) is 27.7. The Labute approximate surface area is 243 Å². The van der Waals surface area contributed by atoms with Crippen molar-refractivity contribution >= 4 is 22.7 Å². The summed E-state index contributed by atoms with van der Waals surface area (Å²) in [4.78, 5) is 19.2. The van der Waals surface area contributed by atoms with E-state index in [1.807, 2.05) is 74.4 Å². The molecule has 0 radical (unpaired) electrons. The predicted octanol–water partition coefficient (Wildman–Crippen LogP) is 6.07. The van der Waals surface area contributed by atoms with Crippen molar-refractivity contribution in [3.8, 4) is 34.7 Å². The van der Waals surface area contributed by atoms with Gasteiger partial charge in [0.15, 0.2) is 0 Å². The third-order valence-corrected chi connectivity index (χ3v) is 5.28. The van der Waals surface area contributed by atoms with E-state index in [1.54, 1.807) is 24.5 Å². The Morgan fingerprint density at radius 3 is 1.77 bits per heavy atom. The number of nitriles is 2. The minimum absolute atomic E-state index is 0. The molecule has 0 saturated carbocycles. The van der Waals surface area contributed by atoms with Crippen molar-refractivity contribution in [1.29, 1.82) is 10.5 Å². The first-order valence-electron chi connectivity index (χ1n) is 11.2. The fraction of sp³-hybridized carbons (Fsp3) is 0.133. The van der Waals surface area contributed by atoms with E-state index >= 15 is 0 Å². The van der Waals surface area contributed by atoms with Gasteiger partial charge in [0, 0.05) is 57.7 Å². The van der Waals surface area contributed by atoms with E-state index in [1.165, 1.54) is 12.1 Å². The average Bonchev–Trinajstić information content (AvgIpc) is 2.96. The maximum absolute atomic E-state index is 8.98. The van der Waals surface area contributed by atoms with Gasteiger partial charge < -0.3 is 14.8 Å². The topological polar surface area (TPSA) is 88.6 Å². The van der Waals surface area contributed by atoms with Gasteiger partial charge in [0.2, 0.25) is 0 Å². The Bertz CT molecular complexity index is 1450. The Kier molecular flexibility index (Phi) is 10.9. The number of nitrogens with zero attached hydrogens (tertiary/aromatic N) is 8. The number of hydrogen-bond acceptors (Lipinski definition) is 6. The van der Waals surface area contributed by atoms with Crippen LogP contribution in [-0.4, -0.2) is 38.2 Å². The van der Waals surface area contributed by atoms with E-state index in [4.69, 9.17) is 23.7 Å². The summed E-state index contributed by atoms with van der Waals surface area (Å²) in [5.74, 6) is 0. The second-order valence-corrected chi connectivity index (χ2v) is 8.37. The summed E-state index contributed by atoms with van der Waals surface area (Å²) in [6.45, 7) is 14.1. The zero-order valence-corrected chi connectivity index (χ0v) is 23.9. The van der Waals surface area contributed by atoms with Gasteiger partial charge in [-0.25, -0.2) is 5.26 Å². The first kappa shape index (κ1) is 30.2. The van der Waals surface area contributed by atoms with Gasteiger partial charge in [0.1, 0.15) is 11.4 Å². The van der Waals surface area contributed by atoms with Gasteiger partial charge in [-0.15, -0.1) is 47.5 Å². The van der Waals surface area contributed by atoms with Gasteiger partial charge in [-0.05, 0) is 35.5 Å². The molecule has 0 bridgehead atoms. The van der Waals surface area contributed by atoms with Crippen LogP contribution < -0.4 is 9.80 Å². The SMILES string of the molecule is [C-]#[N+]c1[c-]c(-c2cc(N(C)C)ccn2)cc(C#N)c1.[C-]#[N+]c1cc(C#N)[c-]c(-c2cc(N(C)C)ccn2)c1.[Pt+2]. The molecule has 0 saturated heterocycles. The molecule has 0 amide bonds. The molecule has 0 aliphatic heterocycles. The normalized spacial score (nSPS) is 9.23. The zero-order valence-electron chi connectivity index (χ0n) is 21.7. The van der Waals surface area contributed by atoms with Crippen molar-refractivity contribution < 1.29 is 21.1 Å². The van der Waals surface area contributed by atoms with Crippen molar-refractivity contribution in [2.24, 2.45) is 0 Å². The molecule has 4 aromatic rings. The molecule has 192 valence electrons. The van der Waals surface area contributed by atoms with E-state index in [0.29, 0.717) is 45.0 Å². The summed E-state index contributed by atoms with van der Waals surface area (Å²) < 4.78 is 0. The van der Waals surface area contributed by atoms with Crippen molar-refractivity contribution in [3.05, 3.63) is 107 Å². The monoisotopic (exact) mass is 689 g/mol. The second-order valence-electron chi connectivity index (χ2n) is 8.37. The number of benzene rings is 2. The fourth-order valence-corrected chi connectivity index (χ4v) is 3.32. The van der Waals surface area contributed by atoms with Crippen molar-refractivity contribution in [3.63, 3.8) is 0 Å². The summed E-state index contributed by atoms with van der Waals surface area (Å²) >= 11 is 0. The molecule has 2 aromatic heterocycles. The molecule has 0 N–H and O–H groups in total. The molecule has 0 spiro atoms. The minimum Gasteiger partial charge on any atom is -0.378 e. The Hall–Kier alpha value is -5.01. The van der Waals surface area contributed by atoms with Crippen LogP contribution in [-0.2, 0) is 21.1 Å². The van der Waals surface area contributed by atoms with Gasteiger partial charge in [-0.3, -0.25) is 14.7 Å². The number of pyridine rings is 2. The van der Waals surface area contributed by atoms with Gasteiger partial charge in [0.25, 0.3) is 0 Å². The Morgan fingerprint density at radius 1 is 0.744 bits per heavy atom. The molecule has 39 heavy (non-hydrogen) atoms. The number of rotatable bonds is 4. The number of anilines is 2. The van der Waals surface area contributed by atoms with Gasteiger partial charge in [0.05, 0.1) is 19.2 Å². The summed E-state index contributed by atoms with van der Waals surface area (Å²) in [5, 5.41) is 17.9. The third-order valence-electron chi connectivity index (χ3n) is 5.28. The van der Waals surface area contributed by atoms with Crippen LogP contribution in [0, 0.1) is 47.9 Å². The molecule has 0 unspecified atom stereocenters. The third kappa shape index (κ3) is 7.98.